The maximum absolute atomic E-state index is 13.0. The first kappa shape index (κ1) is 24.9. The molecule has 0 bridgehead atoms. The number of amides is 2. The second-order valence-corrected chi connectivity index (χ2v) is 9.31. The number of alkyl halides is 3. The maximum Gasteiger partial charge on any atom is 0.416 e. The van der Waals surface area contributed by atoms with Crippen LogP contribution in [0.4, 0.5) is 24.5 Å². The third kappa shape index (κ3) is 5.55. The number of hydrogen-bond acceptors (Lipinski definition) is 6. The summed E-state index contributed by atoms with van der Waals surface area (Å²) >= 11 is 7.46. The number of thiophene rings is 1. The van der Waals surface area contributed by atoms with Crippen molar-refractivity contribution in [2.45, 2.75) is 6.18 Å². The van der Waals surface area contributed by atoms with Gasteiger partial charge in [-0.25, -0.2) is 0 Å². The molecule has 35 heavy (non-hydrogen) atoms. The number of rotatable bonds is 5. The average Bonchev–Trinajstić information content (AvgIpc) is 3.14. The fourth-order valence-electron chi connectivity index (χ4n) is 3.73. The molecule has 2 aromatic carbocycles. The Labute approximate surface area is 206 Å². The number of piperazine rings is 1. The molecule has 0 aliphatic carbocycles. The molecule has 4 rings (SSSR count). The highest BCUT2D eigenvalue weighted by Gasteiger charge is 2.31. The highest BCUT2D eigenvalue weighted by Crippen LogP contribution is 2.38. The van der Waals surface area contributed by atoms with E-state index in [0.717, 1.165) is 23.5 Å². The highest BCUT2D eigenvalue weighted by molar-refractivity contribution is 7.21. The Hall–Kier alpha value is -3.22. The number of nitro benzene ring substituents is 1. The number of carbonyl (C=O) groups is 2. The lowest BCUT2D eigenvalue weighted by Crippen LogP contribution is -2.50. The van der Waals surface area contributed by atoms with Gasteiger partial charge in [0, 0.05) is 54.1 Å². The predicted molar refractivity (Wildman–Crippen MR) is 126 cm³/mol. The molecule has 2 heterocycles. The highest BCUT2D eigenvalue weighted by atomic mass is 35.5. The summed E-state index contributed by atoms with van der Waals surface area (Å²) in [5.41, 5.74) is -0.887. The van der Waals surface area contributed by atoms with Gasteiger partial charge in [0.05, 0.1) is 22.1 Å². The SMILES string of the molecule is O=C(CN1CCN(C(=O)c2sc3cc([N+](=O)[O-])ccc3c2Cl)CC1)Nc1cccc(C(F)(F)F)c1. The summed E-state index contributed by atoms with van der Waals surface area (Å²) in [4.78, 5) is 39.5. The molecule has 0 unspecified atom stereocenters. The molecule has 184 valence electrons. The summed E-state index contributed by atoms with van der Waals surface area (Å²) in [5.74, 6) is -0.759. The van der Waals surface area contributed by atoms with Crippen LogP contribution < -0.4 is 5.32 Å². The second kappa shape index (κ2) is 9.80. The number of fused-ring (bicyclic) bond motifs is 1. The van der Waals surface area contributed by atoms with Gasteiger partial charge in [-0.05, 0) is 24.3 Å². The average molecular weight is 527 g/mol. The van der Waals surface area contributed by atoms with Crippen molar-refractivity contribution in [3.63, 3.8) is 0 Å². The topological polar surface area (TPSA) is 95.8 Å². The van der Waals surface area contributed by atoms with E-state index in [1.165, 1.54) is 30.3 Å². The van der Waals surface area contributed by atoms with Crippen LogP contribution in [-0.2, 0) is 11.0 Å². The van der Waals surface area contributed by atoms with Gasteiger partial charge in [-0.2, -0.15) is 13.2 Å². The Morgan fingerprint density at radius 2 is 1.83 bits per heavy atom. The number of anilines is 1. The number of nitro groups is 1. The van der Waals surface area contributed by atoms with E-state index in [1.807, 2.05) is 0 Å². The van der Waals surface area contributed by atoms with E-state index in [2.05, 4.69) is 5.32 Å². The lowest BCUT2D eigenvalue weighted by Gasteiger charge is -2.34. The molecule has 1 N–H and O–H groups in total. The van der Waals surface area contributed by atoms with Crippen molar-refractivity contribution < 1.29 is 27.7 Å². The molecule has 2 amide bonds. The third-order valence-corrected chi connectivity index (χ3v) is 7.16. The molecule has 0 saturated carbocycles. The van der Waals surface area contributed by atoms with Gasteiger partial charge in [-0.15, -0.1) is 11.3 Å². The van der Waals surface area contributed by atoms with Crippen LogP contribution in [0.5, 0.6) is 0 Å². The Morgan fingerprint density at radius 1 is 1.11 bits per heavy atom. The van der Waals surface area contributed by atoms with Gasteiger partial charge in [-0.1, -0.05) is 17.7 Å². The number of benzene rings is 2. The number of nitrogens with one attached hydrogen (secondary N) is 1. The fraction of sp³-hybridized carbons (Fsp3) is 0.273. The summed E-state index contributed by atoms with van der Waals surface area (Å²) in [5, 5.41) is 14.3. The third-order valence-electron chi connectivity index (χ3n) is 5.52. The number of hydrogen-bond donors (Lipinski definition) is 1. The molecule has 0 atom stereocenters. The zero-order valence-corrected chi connectivity index (χ0v) is 19.5. The van der Waals surface area contributed by atoms with Gasteiger partial charge in [0.25, 0.3) is 11.6 Å². The first-order valence-corrected chi connectivity index (χ1v) is 11.6. The summed E-state index contributed by atoms with van der Waals surface area (Å²) in [6.07, 6.45) is -4.50. The van der Waals surface area contributed by atoms with Crippen LogP contribution in [0.2, 0.25) is 5.02 Å². The second-order valence-electron chi connectivity index (χ2n) is 7.88. The molecular formula is C22H18ClF3N4O4S. The summed E-state index contributed by atoms with van der Waals surface area (Å²) < 4.78 is 39.1. The lowest BCUT2D eigenvalue weighted by molar-refractivity contribution is -0.384. The van der Waals surface area contributed by atoms with Gasteiger partial charge in [0.2, 0.25) is 5.91 Å². The van der Waals surface area contributed by atoms with Crippen LogP contribution in [0, 0.1) is 10.1 Å². The Morgan fingerprint density at radius 3 is 2.49 bits per heavy atom. The summed E-state index contributed by atoms with van der Waals surface area (Å²) in [6.45, 7) is 1.37. The minimum absolute atomic E-state index is 0.0361. The summed E-state index contributed by atoms with van der Waals surface area (Å²) in [6, 6.07) is 8.63. The van der Waals surface area contributed by atoms with Crippen molar-refractivity contribution >= 4 is 56.2 Å². The van der Waals surface area contributed by atoms with E-state index in [4.69, 9.17) is 11.6 Å². The molecular weight excluding hydrogens is 509 g/mol. The first-order chi connectivity index (χ1) is 16.5. The number of non-ortho nitro benzene ring substituents is 1. The van der Waals surface area contributed by atoms with E-state index in [0.29, 0.717) is 36.3 Å². The van der Waals surface area contributed by atoms with E-state index in [1.54, 1.807) is 9.80 Å². The van der Waals surface area contributed by atoms with Crippen molar-refractivity contribution in [2.75, 3.05) is 38.0 Å². The zero-order valence-electron chi connectivity index (χ0n) is 18.0. The largest absolute Gasteiger partial charge is 0.416 e. The van der Waals surface area contributed by atoms with Crippen molar-refractivity contribution in [2.24, 2.45) is 0 Å². The van der Waals surface area contributed by atoms with Gasteiger partial charge >= 0.3 is 6.18 Å². The van der Waals surface area contributed by atoms with Crippen LogP contribution in [0.15, 0.2) is 42.5 Å². The van der Waals surface area contributed by atoms with Crippen LogP contribution in [0.1, 0.15) is 15.2 Å². The van der Waals surface area contributed by atoms with Crippen molar-refractivity contribution in [1.82, 2.24) is 9.80 Å². The molecule has 13 heteroatoms. The van der Waals surface area contributed by atoms with Crippen LogP contribution >= 0.6 is 22.9 Å². The fourth-order valence-corrected chi connectivity index (χ4v) is 5.25. The molecule has 1 aliphatic heterocycles. The number of carbonyl (C=O) groups excluding carboxylic acids is 2. The number of nitrogens with zero attached hydrogens (tertiary/aromatic N) is 3. The normalized spacial score (nSPS) is 14.8. The van der Waals surface area contributed by atoms with Gasteiger partial charge in [0.15, 0.2) is 0 Å². The van der Waals surface area contributed by atoms with Crippen LogP contribution in [-0.4, -0.2) is 59.3 Å². The Kier molecular flexibility index (Phi) is 6.97. The van der Waals surface area contributed by atoms with E-state index in [-0.39, 0.29) is 33.7 Å². The molecule has 1 saturated heterocycles. The van der Waals surface area contributed by atoms with E-state index >= 15 is 0 Å². The van der Waals surface area contributed by atoms with E-state index < -0.39 is 22.6 Å². The Balaban J connectivity index is 1.35. The first-order valence-electron chi connectivity index (χ1n) is 10.4. The van der Waals surface area contributed by atoms with Crippen molar-refractivity contribution in [3.05, 3.63) is 68.0 Å². The van der Waals surface area contributed by atoms with Gasteiger partial charge in [-0.3, -0.25) is 24.6 Å². The molecule has 0 spiro atoms. The molecule has 3 aromatic rings. The van der Waals surface area contributed by atoms with Crippen molar-refractivity contribution in [1.29, 1.82) is 0 Å². The standard InChI is InChI=1S/C22H18ClF3N4O4S/c23-19-16-5-4-15(30(33)34)11-17(16)35-20(19)21(32)29-8-6-28(7-9-29)12-18(31)27-14-3-1-2-13(10-14)22(24,25)26/h1-5,10-11H,6-9,12H2,(H,27,31). The van der Waals surface area contributed by atoms with E-state index in [9.17, 15) is 32.9 Å². The molecule has 1 aliphatic rings. The zero-order chi connectivity index (χ0) is 25.3. The molecule has 1 fully saturated rings. The minimum Gasteiger partial charge on any atom is -0.335 e. The quantitative estimate of drug-likeness (QED) is 0.378. The molecule has 1 aromatic heterocycles. The van der Waals surface area contributed by atoms with Crippen LogP contribution in [0.25, 0.3) is 10.1 Å². The molecule has 0 radical (unpaired) electrons. The predicted octanol–water partition coefficient (Wildman–Crippen LogP) is 4.88. The monoisotopic (exact) mass is 526 g/mol. The number of halogens is 4. The Bertz CT molecular complexity index is 1310. The minimum atomic E-state index is -4.50. The van der Waals surface area contributed by atoms with Gasteiger partial charge in [0.1, 0.15) is 4.88 Å². The molecule has 8 nitrogen and oxygen atoms in total. The van der Waals surface area contributed by atoms with Crippen molar-refractivity contribution in [3.8, 4) is 0 Å². The van der Waals surface area contributed by atoms with Crippen LogP contribution in [0.3, 0.4) is 0 Å². The summed E-state index contributed by atoms with van der Waals surface area (Å²) in [7, 11) is 0. The smallest absolute Gasteiger partial charge is 0.335 e. The van der Waals surface area contributed by atoms with Gasteiger partial charge < -0.3 is 10.2 Å². The maximum atomic E-state index is 13.0. The lowest BCUT2D eigenvalue weighted by atomic mass is 10.2.